The van der Waals surface area contributed by atoms with E-state index >= 15 is 0 Å². The lowest BCUT2D eigenvalue weighted by Gasteiger charge is -2.37. The van der Waals surface area contributed by atoms with Gasteiger partial charge in [-0.15, -0.1) is 0 Å². The molecule has 6 nitrogen and oxygen atoms in total. The second-order valence-corrected chi connectivity index (χ2v) is 7.58. The summed E-state index contributed by atoms with van der Waals surface area (Å²) in [6.07, 6.45) is 1.83. The molecule has 1 unspecified atom stereocenters. The van der Waals surface area contributed by atoms with Crippen LogP contribution >= 0.6 is 0 Å². The van der Waals surface area contributed by atoms with E-state index in [1.54, 1.807) is 7.11 Å². The summed E-state index contributed by atoms with van der Waals surface area (Å²) in [7, 11) is 3.42. The summed E-state index contributed by atoms with van der Waals surface area (Å²) in [6.45, 7) is 4.24. The standard InChI is InChI=1S/C23H28F2N4O2/c1-15(26-3)13-27-20-6-5-16(9-21(20)31-4)22-28-14-23(2,29(22)7-8-30)17-10-18(24)12-19(25)11-17/h5-6,9-13,26-27,30H,7-8,14H2,1-4H3/b15-13-. The fraction of sp³-hybridized carbons (Fsp3) is 0.348. The fourth-order valence-corrected chi connectivity index (χ4v) is 3.65. The highest BCUT2D eigenvalue weighted by atomic mass is 19.1. The van der Waals surface area contributed by atoms with Crippen LogP contribution in [-0.4, -0.2) is 49.7 Å². The summed E-state index contributed by atoms with van der Waals surface area (Å²) >= 11 is 0. The topological polar surface area (TPSA) is 69.1 Å². The minimum atomic E-state index is -0.794. The predicted octanol–water partition coefficient (Wildman–Crippen LogP) is 3.44. The molecule has 3 N–H and O–H groups in total. The van der Waals surface area contributed by atoms with Crippen LogP contribution in [0.15, 0.2) is 53.3 Å². The van der Waals surface area contributed by atoms with Gasteiger partial charge in [-0.1, -0.05) is 0 Å². The second kappa shape index (κ2) is 9.34. The van der Waals surface area contributed by atoms with Crippen molar-refractivity contribution in [2.75, 3.05) is 39.2 Å². The summed E-state index contributed by atoms with van der Waals surface area (Å²) in [6, 6.07) is 9.11. The highest BCUT2D eigenvalue weighted by Gasteiger charge is 2.41. The first-order valence-electron chi connectivity index (χ1n) is 10.0. The highest BCUT2D eigenvalue weighted by Crippen LogP contribution is 2.37. The maximum atomic E-state index is 13.9. The van der Waals surface area contributed by atoms with Gasteiger partial charge in [-0.2, -0.15) is 0 Å². The number of benzene rings is 2. The molecule has 0 bridgehead atoms. The monoisotopic (exact) mass is 430 g/mol. The van der Waals surface area contributed by atoms with Gasteiger partial charge in [0.15, 0.2) is 0 Å². The van der Waals surface area contributed by atoms with Crippen LogP contribution in [0.1, 0.15) is 25.0 Å². The third-order valence-electron chi connectivity index (χ3n) is 5.49. The average molecular weight is 430 g/mol. The molecule has 2 aromatic carbocycles. The number of methoxy groups -OCH3 is 1. The number of aliphatic hydroxyl groups is 1. The van der Waals surface area contributed by atoms with Crippen molar-refractivity contribution in [2.24, 2.45) is 4.99 Å². The predicted molar refractivity (Wildman–Crippen MR) is 118 cm³/mol. The third kappa shape index (κ3) is 4.64. The Morgan fingerprint density at radius 2 is 1.97 bits per heavy atom. The maximum absolute atomic E-state index is 13.9. The van der Waals surface area contributed by atoms with Crippen LogP contribution in [0.25, 0.3) is 0 Å². The van der Waals surface area contributed by atoms with E-state index in [1.165, 1.54) is 12.1 Å². The molecule has 1 heterocycles. The highest BCUT2D eigenvalue weighted by molar-refractivity contribution is 6.01. The van der Waals surface area contributed by atoms with E-state index in [-0.39, 0.29) is 13.2 Å². The molecule has 8 heteroatoms. The molecular formula is C23H28F2N4O2. The zero-order valence-electron chi connectivity index (χ0n) is 18.2. The van der Waals surface area contributed by atoms with Gasteiger partial charge in [0.2, 0.25) is 0 Å². The fourth-order valence-electron chi connectivity index (χ4n) is 3.65. The molecule has 0 fully saturated rings. The Labute approximate surface area is 181 Å². The van der Waals surface area contributed by atoms with E-state index in [4.69, 9.17) is 4.74 Å². The molecule has 0 aromatic heterocycles. The van der Waals surface area contributed by atoms with Gasteiger partial charge >= 0.3 is 0 Å². The number of ether oxygens (including phenoxy) is 1. The Morgan fingerprint density at radius 1 is 1.26 bits per heavy atom. The minimum absolute atomic E-state index is 0.128. The largest absolute Gasteiger partial charge is 0.495 e. The molecule has 1 aliphatic heterocycles. The van der Waals surface area contributed by atoms with Crippen LogP contribution in [0.4, 0.5) is 14.5 Å². The zero-order chi connectivity index (χ0) is 22.6. The SMILES string of the molecule is CN/C(C)=C\Nc1ccc(C2=NCC(C)(c3cc(F)cc(F)c3)N2CCO)cc1OC. The Bertz CT molecular complexity index is 989. The second-order valence-electron chi connectivity index (χ2n) is 7.58. The lowest BCUT2D eigenvalue weighted by atomic mass is 9.90. The number of nitrogens with one attached hydrogen (secondary N) is 2. The Morgan fingerprint density at radius 3 is 2.58 bits per heavy atom. The lowest BCUT2D eigenvalue weighted by molar-refractivity contribution is 0.175. The average Bonchev–Trinajstić information content (AvgIpc) is 3.09. The van der Waals surface area contributed by atoms with E-state index in [0.29, 0.717) is 23.7 Å². The van der Waals surface area contributed by atoms with Crippen molar-refractivity contribution in [3.05, 3.63) is 71.1 Å². The van der Waals surface area contributed by atoms with Crippen molar-refractivity contribution in [2.45, 2.75) is 19.4 Å². The van der Waals surface area contributed by atoms with E-state index in [2.05, 4.69) is 15.6 Å². The first kappa shape index (κ1) is 22.6. The maximum Gasteiger partial charge on any atom is 0.143 e. The number of rotatable bonds is 8. The van der Waals surface area contributed by atoms with Gasteiger partial charge in [-0.3, -0.25) is 4.99 Å². The van der Waals surface area contributed by atoms with Crippen molar-refractivity contribution >= 4 is 11.5 Å². The van der Waals surface area contributed by atoms with E-state index in [1.807, 2.05) is 50.2 Å². The van der Waals surface area contributed by atoms with Crippen molar-refractivity contribution in [1.29, 1.82) is 0 Å². The molecule has 0 aliphatic carbocycles. The summed E-state index contributed by atoms with van der Waals surface area (Å²) in [4.78, 5) is 6.56. The molecular weight excluding hydrogens is 402 g/mol. The van der Waals surface area contributed by atoms with Crippen molar-refractivity contribution in [3.8, 4) is 5.75 Å². The molecule has 1 atom stereocenters. The van der Waals surface area contributed by atoms with Crippen LogP contribution in [0, 0.1) is 11.6 Å². The molecule has 0 saturated heterocycles. The van der Waals surface area contributed by atoms with Crippen molar-refractivity contribution in [1.82, 2.24) is 10.2 Å². The third-order valence-corrected chi connectivity index (χ3v) is 5.49. The molecule has 0 spiro atoms. The zero-order valence-corrected chi connectivity index (χ0v) is 18.2. The Hall–Kier alpha value is -3.13. The van der Waals surface area contributed by atoms with Crippen LogP contribution in [0.3, 0.4) is 0 Å². The van der Waals surface area contributed by atoms with Gasteiger partial charge in [-0.05, 0) is 49.7 Å². The van der Waals surface area contributed by atoms with Crippen LogP contribution in [0.2, 0.25) is 0 Å². The molecule has 0 radical (unpaired) electrons. The van der Waals surface area contributed by atoms with Crippen LogP contribution in [-0.2, 0) is 5.54 Å². The molecule has 31 heavy (non-hydrogen) atoms. The Balaban J connectivity index is 1.96. The van der Waals surface area contributed by atoms with Gasteiger partial charge in [0, 0.05) is 37.1 Å². The van der Waals surface area contributed by atoms with Crippen LogP contribution < -0.4 is 15.4 Å². The summed E-state index contributed by atoms with van der Waals surface area (Å²) < 4.78 is 33.3. The van der Waals surface area contributed by atoms with Crippen LogP contribution in [0.5, 0.6) is 5.75 Å². The number of amidine groups is 1. The number of halogens is 2. The number of nitrogens with zero attached hydrogens (tertiary/aromatic N) is 2. The molecule has 0 saturated carbocycles. The number of aliphatic imine (C=N–C) groups is 1. The van der Waals surface area contributed by atoms with Gasteiger partial charge in [0.05, 0.1) is 31.5 Å². The number of anilines is 1. The minimum Gasteiger partial charge on any atom is -0.495 e. The quantitative estimate of drug-likeness (QED) is 0.599. The number of aliphatic hydroxyl groups excluding tert-OH is 1. The summed E-state index contributed by atoms with van der Waals surface area (Å²) in [5.74, 6) is -0.0333. The molecule has 166 valence electrons. The van der Waals surface area contributed by atoms with E-state index < -0.39 is 17.2 Å². The molecule has 3 rings (SSSR count). The van der Waals surface area contributed by atoms with E-state index in [9.17, 15) is 13.9 Å². The van der Waals surface area contributed by atoms with Crippen molar-refractivity contribution in [3.63, 3.8) is 0 Å². The molecule has 2 aromatic rings. The van der Waals surface area contributed by atoms with Gasteiger partial charge in [-0.25, -0.2) is 8.78 Å². The van der Waals surface area contributed by atoms with Gasteiger partial charge in [0.25, 0.3) is 0 Å². The van der Waals surface area contributed by atoms with Crippen molar-refractivity contribution < 1.29 is 18.6 Å². The first-order chi connectivity index (χ1) is 14.8. The van der Waals surface area contributed by atoms with Gasteiger partial charge in [0.1, 0.15) is 23.2 Å². The Kier molecular flexibility index (Phi) is 6.80. The number of hydrogen-bond donors (Lipinski definition) is 3. The lowest BCUT2D eigenvalue weighted by Crippen LogP contribution is -2.46. The first-order valence-corrected chi connectivity index (χ1v) is 10.0. The normalized spacial score (nSPS) is 18.7. The van der Waals surface area contributed by atoms with E-state index in [0.717, 1.165) is 23.0 Å². The number of β-amino-alcohol motifs (C(OH)–C–C–N with tert-alkyl or cyclic N) is 1. The van der Waals surface area contributed by atoms with Gasteiger partial charge < -0.3 is 25.4 Å². The number of hydrogen-bond acceptors (Lipinski definition) is 6. The number of allylic oxidation sites excluding steroid dienone is 1. The summed E-state index contributed by atoms with van der Waals surface area (Å²) in [5.41, 5.74) is 2.19. The summed E-state index contributed by atoms with van der Waals surface area (Å²) in [5, 5.41) is 15.9. The molecule has 1 aliphatic rings. The smallest absolute Gasteiger partial charge is 0.143 e. The molecule has 0 amide bonds.